The molecule has 1 saturated heterocycles. The van der Waals surface area contributed by atoms with Crippen LogP contribution in [0.25, 0.3) is 0 Å². The van der Waals surface area contributed by atoms with Crippen LogP contribution >= 0.6 is 0 Å². The second-order valence-electron chi connectivity index (χ2n) is 5.17. The molecule has 0 amide bonds. The van der Waals surface area contributed by atoms with Crippen molar-refractivity contribution < 1.29 is 13.9 Å². The van der Waals surface area contributed by atoms with Gasteiger partial charge in [-0.3, -0.25) is 4.90 Å². The van der Waals surface area contributed by atoms with Crippen molar-refractivity contribution in [1.82, 2.24) is 14.9 Å². The largest absolute Gasteiger partial charge is 0.392 e. The Morgan fingerprint density at radius 2 is 1.95 bits per heavy atom. The first-order chi connectivity index (χ1) is 10.1. The summed E-state index contributed by atoms with van der Waals surface area (Å²) in [6.45, 7) is 0.920. The molecule has 0 unspecified atom stereocenters. The van der Waals surface area contributed by atoms with Gasteiger partial charge in [-0.05, 0) is 30.2 Å². The molecule has 1 N–H and O–H groups in total. The minimum atomic E-state index is -0.871. The van der Waals surface area contributed by atoms with Crippen LogP contribution in [0, 0.1) is 11.6 Å². The van der Waals surface area contributed by atoms with Gasteiger partial charge in [0.2, 0.25) is 0 Å². The smallest absolute Gasteiger partial charge is 0.159 e. The van der Waals surface area contributed by atoms with E-state index in [1.807, 2.05) is 4.90 Å². The molecular formula is C15H15F2N3O. The van der Waals surface area contributed by atoms with E-state index in [4.69, 9.17) is 0 Å². The Labute approximate surface area is 121 Å². The SMILES string of the molecule is O[C@@H]1C[C@H](c2ccc(F)c(F)c2)N(Cc2ncccn2)C1. The van der Waals surface area contributed by atoms with Crippen LogP contribution in [0.5, 0.6) is 0 Å². The average molecular weight is 291 g/mol. The number of aromatic nitrogens is 2. The van der Waals surface area contributed by atoms with E-state index < -0.39 is 17.7 Å². The molecule has 1 aliphatic heterocycles. The molecule has 4 nitrogen and oxygen atoms in total. The fourth-order valence-corrected chi connectivity index (χ4v) is 2.71. The van der Waals surface area contributed by atoms with E-state index in [0.717, 1.165) is 6.07 Å². The van der Waals surface area contributed by atoms with E-state index in [1.54, 1.807) is 24.5 Å². The molecule has 2 atom stereocenters. The van der Waals surface area contributed by atoms with Crippen LogP contribution in [-0.2, 0) is 6.54 Å². The van der Waals surface area contributed by atoms with E-state index in [2.05, 4.69) is 9.97 Å². The number of nitrogens with zero attached hydrogens (tertiary/aromatic N) is 3. The predicted molar refractivity (Wildman–Crippen MR) is 72.2 cm³/mol. The monoisotopic (exact) mass is 291 g/mol. The third-order valence-electron chi connectivity index (χ3n) is 3.67. The Kier molecular flexibility index (Phi) is 3.90. The fourth-order valence-electron chi connectivity index (χ4n) is 2.71. The number of rotatable bonds is 3. The van der Waals surface area contributed by atoms with Gasteiger partial charge in [0, 0.05) is 25.0 Å². The highest BCUT2D eigenvalue weighted by molar-refractivity contribution is 5.23. The van der Waals surface area contributed by atoms with Gasteiger partial charge in [-0.25, -0.2) is 18.7 Å². The topological polar surface area (TPSA) is 49.2 Å². The summed E-state index contributed by atoms with van der Waals surface area (Å²) >= 11 is 0. The Hall–Kier alpha value is -1.92. The molecule has 0 aliphatic carbocycles. The average Bonchev–Trinajstić information content (AvgIpc) is 2.84. The molecule has 0 bridgehead atoms. The lowest BCUT2D eigenvalue weighted by Crippen LogP contribution is -2.25. The van der Waals surface area contributed by atoms with Gasteiger partial charge < -0.3 is 5.11 Å². The van der Waals surface area contributed by atoms with Gasteiger partial charge in [0.05, 0.1) is 12.6 Å². The highest BCUT2D eigenvalue weighted by atomic mass is 19.2. The predicted octanol–water partition coefficient (Wildman–Crippen LogP) is 2.06. The zero-order valence-electron chi connectivity index (χ0n) is 11.3. The number of aliphatic hydroxyl groups is 1. The summed E-state index contributed by atoms with van der Waals surface area (Å²) in [7, 11) is 0. The number of aliphatic hydroxyl groups excluding tert-OH is 1. The quantitative estimate of drug-likeness (QED) is 0.940. The molecule has 0 saturated carbocycles. The summed E-state index contributed by atoms with van der Waals surface area (Å²) in [5.41, 5.74) is 0.654. The minimum absolute atomic E-state index is 0.168. The maximum Gasteiger partial charge on any atom is 0.159 e. The van der Waals surface area contributed by atoms with Crippen molar-refractivity contribution in [2.24, 2.45) is 0 Å². The van der Waals surface area contributed by atoms with Crippen LogP contribution < -0.4 is 0 Å². The summed E-state index contributed by atoms with van der Waals surface area (Å²) < 4.78 is 26.5. The fraction of sp³-hybridized carbons (Fsp3) is 0.333. The molecule has 2 heterocycles. The van der Waals surface area contributed by atoms with E-state index in [1.165, 1.54) is 6.07 Å². The lowest BCUT2D eigenvalue weighted by atomic mass is 10.0. The summed E-state index contributed by atoms with van der Waals surface area (Å²) in [5, 5.41) is 9.88. The Morgan fingerprint density at radius 1 is 1.19 bits per heavy atom. The Bertz CT molecular complexity index is 624. The molecule has 21 heavy (non-hydrogen) atoms. The molecule has 3 rings (SSSR count). The van der Waals surface area contributed by atoms with Crippen LogP contribution in [0.15, 0.2) is 36.7 Å². The maximum atomic E-state index is 13.4. The van der Waals surface area contributed by atoms with Crippen molar-refractivity contribution in [2.75, 3.05) is 6.54 Å². The number of β-amino-alcohol motifs (C(OH)–C–C–N with tert-alkyl or cyclic N) is 1. The van der Waals surface area contributed by atoms with Gasteiger partial charge in [-0.1, -0.05) is 6.07 Å². The van der Waals surface area contributed by atoms with Crippen LogP contribution in [-0.4, -0.2) is 32.6 Å². The van der Waals surface area contributed by atoms with Gasteiger partial charge in [0.25, 0.3) is 0 Å². The van der Waals surface area contributed by atoms with E-state index in [0.29, 0.717) is 30.9 Å². The van der Waals surface area contributed by atoms with E-state index in [-0.39, 0.29) is 6.04 Å². The van der Waals surface area contributed by atoms with Gasteiger partial charge in [-0.15, -0.1) is 0 Å². The highest BCUT2D eigenvalue weighted by Crippen LogP contribution is 2.33. The van der Waals surface area contributed by atoms with E-state index in [9.17, 15) is 13.9 Å². The Morgan fingerprint density at radius 3 is 2.67 bits per heavy atom. The third-order valence-corrected chi connectivity index (χ3v) is 3.67. The Balaban J connectivity index is 1.83. The number of likely N-dealkylation sites (tertiary alicyclic amines) is 1. The second-order valence-corrected chi connectivity index (χ2v) is 5.17. The summed E-state index contributed by atoms with van der Waals surface area (Å²) in [4.78, 5) is 10.3. The van der Waals surface area contributed by atoms with Crippen LogP contribution in [0.4, 0.5) is 8.78 Å². The number of halogens is 2. The summed E-state index contributed by atoms with van der Waals surface area (Å²) in [6.07, 6.45) is 3.30. The minimum Gasteiger partial charge on any atom is -0.392 e. The molecule has 0 radical (unpaired) electrons. The molecule has 2 aromatic rings. The van der Waals surface area contributed by atoms with Crippen molar-refractivity contribution in [2.45, 2.75) is 25.1 Å². The van der Waals surface area contributed by atoms with Gasteiger partial charge >= 0.3 is 0 Å². The van der Waals surface area contributed by atoms with Crippen molar-refractivity contribution in [3.63, 3.8) is 0 Å². The lowest BCUT2D eigenvalue weighted by molar-refractivity contribution is 0.171. The standard InChI is InChI=1S/C15H15F2N3O/c16-12-3-2-10(6-13(12)17)14-7-11(21)8-20(14)9-15-18-4-1-5-19-15/h1-6,11,14,21H,7-9H2/t11-,14-/m1/s1. The van der Waals surface area contributed by atoms with Crippen molar-refractivity contribution in [1.29, 1.82) is 0 Å². The first-order valence-electron chi connectivity index (χ1n) is 6.76. The number of hydrogen-bond donors (Lipinski definition) is 1. The normalized spacial score (nSPS) is 22.6. The summed E-state index contributed by atoms with van der Waals surface area (Å²) in [6, 6.07) is 5.43. The first-order valence-corrected chi connectivity index (χ1v) is 6.76. The van der Waals surface area contributed by atoms with Crippen LogP contribution in [0.2, 0.25) is 0 Å². The maximum absolute atomic E-state index is 13.4. The van der Waals surface area contributed by atoms with Crippen LogP contribution in [0.1, 0.15) is 23.9 Å². The van der Waals surface area contributed by atoms with Gasteiger partial charge in [-0.2, -0.15) is 0 Å². The molecule has 1 fully saturated rings. The highest BCUT2D eigenvalue weighted by Gasteiger charge is 2.32. The molecule has 110 valence electrons. The lowest BCUT2D eigenvalue weighted by Gasteiger charge is -2.23. The molecule has 0 spiro atoms. The van der Waals surface area contributed by atoms with Crippen molar-refractivity contribution in [3.8, 4) is 0 Å². The van der Waals surface area contributed by atoms with Crippen molar-refractivity contribution in [3.05, 3.63) is 59.7 Å². The second kappa shape index (κ2) is 5.83. The van der Waals surface area contributed by atoms with Crippen molar-refractivity contribution >= 4 is 0 Å². The molecule has 1 aromatic heterocycles. The molecular weight excluding hydrogens is 276 g/mol. The zero-order valence-corrected chi connectivity index (χ0v) is 11.3. The molecule has 1 aliphatic rings. The molecule has 1 aromatic carbocycles. The third kappa shape index (κ3) is 3.06. The molecule has 6 heteroatoms. The van der Waals surface area contributed by atoms with Crippen LogP contribution in [0.3, 0.4) is 0 Å². The van der Waals surface area contributed by atoms with Gasteiger partial charge in [0.1, 0.15) is 5.82 Å². The summed E-state index contributed by atoms with van der Waals surface area (Å²) in [5.74, 6) is -1.10. The zero-order chi connectivity index (χ0) is 14.8. The van der Waals surface area contributed by atoms with Gasteiger partial charge in [0.15, 0.2) is 11.6 Å². The number of hydrogen-bond acceptors (Lipinski definition) is 4. The number of benzene rings is 1. The van der Waals surface area contributed by atoms with E-state index >= 15 is 0 Å². The first kappa shape index (κ1) is 14.0.